The summed E-state index contributed by atoms with van der Waals surface area (Å²) in [7, 11) is 1.24. The predicted molar refractivity (Wildman–Crippen MR) is 45.4 cm³/mol. The predicted octanol–water partition coefficient (Wildman–Crippen LogP) is 2.35. The van der Waals surface area contributed by atoms with Crippen LogP contribution in [0.3, 0.4) is 0 Å². The molecule has 66 valence electrons. The number of halogens is 2. The molecule has 0 amide bonds. The molecule has 1 aromatic rings. The first-order chi connectivity index (χ1) is 5.66. The van der Waals surface area contributed by atoms with Crippen LogP contribution in [0.5, 0.6) is 0 Å². The molecule has 0 heterocycles. The van der Waals surface area contributed by atoms with E-state index in [1.54, 1.807) is 6.07 Å². The SMILES string of the molecule is CON(O)c1cccc(Br)c1F. The Bertz CT molecular complexity index is 282. The molecule has 5 heteroatoms. The average molecular weight is 236 g/mol. The molecular formula is C7H7BrFNO2. The third-order valence-electron chi connectivity index (χ3n) is 1.31. The van der Waals surface area contributed by atoms with Crippen molar-refractivity contribution in [1.82, 2.24) is 0 Å². The number of rotatable bonds is 2. The maximum atomic E-state index is 13.1. The lowest BCUT2D eigenvalue weighted by molar-refractivity contribution is -0.0126. The van der Waals surface area contributed by atoms with E-state index >= 15 is 0 Å². The van der Waals surface area contributed by atoms with Crippen LogP contribution in [0.15, 0.2) is 22.7 Å². The van der Waals surface area contributed by atoms with Gasteiger partial charge >= 0.3 is 0 Å². The molecule has 0 atom stereocenters. The van der Waals surface area contributed by atoms with Crippen LogP contribution in [0.2, 0.25) is 0 Å². The first kappa shape index (κ1) is 9.44. The molecule has 0 aliphatic carbocycles. The highest BCUT2D eigenvalue weighted by Crippen LogP contribution is 2.24. The van der Waals surface area contributed by atoms with E-state index in [4.69, 9.17) is 5.21 Å². The normalized spacial score (nSPS) is 10.0. The number of anilines is 1. The topological polar surface area (TPSA) is 32.7 Å². The van der Waals surface area contributed by atoms with Crippen LogP contribution in [0.1, 0.15) is 0 Å². The van der Waals surface area contributed by atoms with Gasteiger partial charge in [0.1, 0.15) is 5.69 Å². The highest BCUT2D eigenvalue weighted by Gasteiger charge is 2.10. The van der Waals surface area contributed by atoms with Crippen molar-refractivity contribution < 1.29 is 14.4 Å². The van der Waals surface area contributed by atoms with Crippen molar-refractivity contribution in [3.05, 3.63) is 28.5 Å². The summed E-state index contributed by atoms with van der Waals surface area (Å²) in [6.45, 7) is 0. The fraction of sp³-hybridized carbons (Fsp3) is 0.143. The molecular weight excluding hydrogens is 229 g/mol. The molecule has 1 aromatic carbocycles. The van der Waals surface area contributed by atoms with Gasteiger partial charge in [0.25, 0.3) is 0 Å². The minimum atomic E-state index is -0.568. The summed E-state index contributed by atoms with van der Waals surface area (Å²) in [6.07, 6.45) is 0. The van der Waals surface area contributed by atoms with Gasteiger partial charge in [-0.05, 0) is 28.1 Å². The van der Waals surface area contributed by atoms with Crippen molar-refractivity contribution in [2.45, 2.75) is 0 Å². The minimum Gasteiger partial charge on any atom is -0.264 e. The van der Waals surface area contributed by atoms with Gasteiger partial charge < -0.3 is 0 Å². The van der Waals surface area contributed by atoms with Gasteiger partial charge in [0.2, 0.25) is 0 Å². The van der Waals surface area contributed by atoms with Gasteiger partial charge in [-0.15, -0.1) is 5.23 Å². The Balaban J connectivity index is 3.07. The molecule has 0 fully saturated rings. The highest BCUT2D eigenvalue weighted by molar-refractivity contribution is 9.10. The number of hydrogen-bond donors (Lipinski definition) is 1. The van der Waals surface area contributed by atoms with Crippen LogP contribution >= 0.6 is 15.9 Å². The molecule has 1 rings (SSSR count). The lowest BCUT2D eigenvalue weighted by atomic mass is 10.3. The van der Waals surface area contributed by atoms with E-state index in [0.29, 0.717) is 5.23 Å². The van der Waals surface area contributed by atoms with Gasteiger partial charge in [-0.25, -0.2) is 4.39 Å². The molecule has 0 radical (unpaired) electrons. The van der Waals surface area contributed by atoms with E-state index in [0.717, 1.165) is 0 Å². The standard InChI is InChI=1S/C7H7BrFNO2/c1-12-10(11)6-4-2-3-5(8)7(6)9/h2-4,11H,1H3. The summed E-state index contributed by atoms with van der Waals surface area (Å²) in [5.74, 6) is -0.568. The molecule has 0 saturated carbocycles. The van der Waals surface area contributed by atoms with E-state index in [-0.39, 0.29) is 10.2 Å². The molecule has 0 bridgehead atoms. The van der Waals surface area contributed by atoms with Gasteiger partial charge in [-0.1, -0.05) is 6.07 Å². The second-order valence-corrected chi connectivity index (χ2v) is 2.88. The monoisotopic (exact) mass is 235 g/mol. The summed E-state index contributed by atoms with van der Waals surface area (Å²) in [5, 5.41) is 9.35. The van der Waals surface area contributed by atoms with Crippen LogP contribution in [-0.4, -0.2) is 12.3 Å². The fourth-order valence-electron chi connectivity index (χ4n) is 0.738. The fourth-order valence-corrected chi connectivity index (χ4v) is 1.09. The average Bonchev–Trinajstić information content (AvgIpc) is 2.08. The summed E-state index contributed by atoms with van der Waals surface area (Å²) in [6, 6.07) is 4.51. The maximum Gasteiger partial charge on any atom is 0.165 e. The number of hydrogen-bond acceptors (Lipinski definition) is 3. The van der Waals surface area contributed by atoms with Gasteiger partial charge in [-0.2, -0.15) is 0 Å². The maximum absolute atomic E-state index is 13.1. The summed E-state index contributed by atoms with van der Waals surface area (Å²) >= 11 is 2.98. The molecule has 3 nitrogen and oxygen atoms in total. The van der Waals surface area contributed by atoms with Crippen molar-refractivity contribution in [3.8, 4) is 0 Å². The van der Waals surface area contributed by atoms with Crippen molar-refractivity contribution in [2.24, 2.45) is 0 Å². The zero-order valence-electron chi connectivity index (χ0n) is 6.29. The molecule has 0 saturated heterocycles. The molecule has 12 heavy (non-hydrogen) atoms. The van der Waals surface area contributed by atoms with Gasteiger partial charge in [0, 0.05) is 0 Å². The van der Waals surface area contributed by atoms with E-state index in [1.165, 1.54) is 19.2 Å². The molecule has 0 aliphatic heterocycles. The molecule has 0 aromatic heterocycles. The molecule has 0 spiro atoms. The first-order valence-corrected chi connectivity index (χ1v) is 3.93. The second-order valence-electron chi connectivity index (χ2n) is 2.03. The lowest BCUT2D eigenvalue weighted by Crippen LogP contribution is -2.17. The van der Waals surface area contributed by atoms with E-state index < -0.39 is 5.82 Å². The van der Waals surface area contributed by atoms with E-state index in [1.807, 2.05) is 0 Å². The summed E-state index contributed by atoms with van der Waals surface area (Å²) in [4.78, 5) is 4.40. The van der Waals surface area contributed by atoms with Crippen molar-refractivity contribution in [1.29, 1.82) is 0 Å². The summed E-state index contributed by atoms with van der Waals surface area (Å²) < 4.78 is 13.4. The van der Waals surface area contributed by atoms with Crippen LogP contribution in [0.25, 0.3) is 0 Å². The Labute approximate surface area is 77.4 Å². The van der Waals surface area contributed by atoms with Crippen molar-refractivity contribution in [3.63, 3.8) is 0 Å². The van der Waals surface area contributed by atoms with Crippen LogP contribution < -0.4 is 5.23 Å². The van der Waals surface area contributed by atoms with Gasteiger partial charge in [0.05, 0.1) is 11.6 Å². The highest BCUT2D eigenvalue weighted by atomic mass is 79.9. The van der Waals surface area contributed by atoms with Gasteiger partial charge in [0.15, 0.2) is 5.82 Å². The molecule has 0 unspecified atom stereocenters. The molecule has 0 aliphatic rings. The first-order valence-electron chi connectivity index (χ1n) is 3.14. The zero-order valence-corrected chi connectivity index (χ0v) is 7.88. The second kappa shape index (κ2) is 3.84. The third-order valence-corrected chi connectivity index (χ3v) is 1.92. The van der Waals surface area contributed by atoms with E-state index in [9.17, 15) is 4.39 Å². The quantitative estimate of drug-likeness (QED) is 0.800. The Morgan fingerprint density at radius 1 is 1.58 bits per heavy atom. The largest absolute Gasteiger partial charge is 0.264 e. The van der Waals surface area contributed by atoms with Crippen molar-refractivity contribution >= 4 is 21.6 Å². The Hall–Kier alpha value is -0.650. The van der Waals surface area contributed by atoms with Crippen LogP contribution in [0.4, 0.5) is 10.1 Å². The molecule has 1 N–H and O–H groups in total. The Morgan fingerprint density at radius 3 is 2.83 bits per heavy atom. The zero-order chi connectivity index (χ0) is 9.14. The summed E-state index contributed by atoms with van der Waals surface area (Å²) in [5.41, 5.74) is -0.0353. The van der Waals surface area contributed by atoms with Gasteiger partial charge in [-0.3, -0.25) is 10.0 Å². The van der Waals surface area contributed by atoms with Crippen LogP contribution in [-0.2, 0) is 4.84 Å². The Kier molecular flexibility index (Phi) is 3.02. The number of benzene rings is 1. The lowest BCUT2D eigenvalue weighted by Gasteiger charge is -2.13. The third kappa shape index (κ3) is 1.74. The minimum absolute atomic E-state index is 0.0353. The number of nitrogens with zero attached hydrogens (tertiary/aromatic N) is 1. The van der Waals surface area contributed by atoms with Crippen LogP contribution in [0, 0.1) is 5.82 Å². The Morgan fingerprint density at radius 2 is 2.25 bits per heavy atom. The smallest absolute Gasteiger partial charge is 0.165 e. The van der Waals surface area contributed by atoms with E-state index in [2.05, 4.69) is 20.8 Å². The van der Waals surface area contributed by atoms with Crippen molar-refractivity contribution in [2.75, 3.05) is 12.3 Å².